The zero-order valence-corrected chi connectivity index (χ0v) is 11.2. The average molecular weight is 278 g/mol. The van der Waals surface area contributed by atoms with E-state index in [9.17, 15) is 9.59 Å². The number of carbonyl (C=O) groups excluding carboxylic acids is 1. The van der Waals surface area contributed by atoms with Gasteiger partial charge in [0.15, 0.2) is 0 Å². The second-order valence-electron chi connectivity index (χ2n) is 4.08. The van der Waals surface area contributed by atoms with Gasteiger partial charge in [0, 0.05) is 16.9 Å². The first-order valence-electron chi connectivity index (χ1n) is 5.61. The highest BCUT2D eigenvalue weighted by Crippen LogP contribution is 2.23. The third kappa shape index (κ3) is 2.82. The first-order valence-corrected chi connectivity index (χ1v) is 5.99. The zero-order chi connectivity index (χ0) is 14.0. The molecule has 0 fully saturated rings. The molecule has 1 aromatic heterocycles. The van der Waals surface area contributed by atoms with Crippen LogP contribution in [0.25, 0.3) is 0 Å². The fourth-order valence-electron chi connectivity index (χ4n) is 1.58. The first kappa shape index (κ1) is 13.3. The van der Waals surface area contributed by atoms with Crippen LogP contribution < -0.4 is 10.9 Å². The minimum atomic E-state index is -0.515. The van der Waals surface area contributed by atoms with E-state index in [-0.39, 0.29) is 5.56 Å². The Balaban J connectivity index is 2.31. The summed E-state index contributed by atoms with van der Waals surface area (Å²) in [6, 6.07) is 5.17. The predicted octanol–water partition coefficient (Wildman–Crippen LogP) is 2.29. The molecule has 98 valence electrons. The van der Waals surface area contributed by atoms with E-state index >= 15 is 0 Å². The molecule has 0 atom stereocenters. The number of hydrogen-bond donors (Lipinski definition) is 2. The summed E-state index contributed by atoms with van der Waals surface area (Å²) < 4.78 is 0. The van der Waals surface area contributed by atoms with E-state index in [4.69, 9.17) is 11.6 Å². The maximum Gasteiger partial charge on any atom is 0.263 e. The molecule has 2 rings (SSSR count). The number of carbonyl (C=O) groups is 1. The van der Waals surface area contributed by atoms with E-state index in [0.29, 0.717) is 16.5 Å². The van der Waals surface area contributed by atoms with Gasteiger partial charge in [-0.15, -0.1) is 0 Å². The Hall–Kier alpha value is -2.14. The normalized spacial score (nSPS) is 10.3. The van der Waals surface area contributed by atoms with Crippen molar-refractivity contribution in [2.24, 2.45) is 0 Å². The van der Waals surface area contributed by atoms with Crippen LogP contribution in [0.5, 0.6) is 0 Å². The molecule has 0 bridgehead atoms. The molecule has 0 aliphatic rings. The lowest BCUT2D eigenvalue weighted by atomic mass is 10.2. The molecule has 19 heavy (non-hydrogen) atoms. The highest BCUT2D eigenvalue weighted by atomic mass is 35.5. The predicted molar refractivity (Wildman–Crippen MR) is 73.7 cm³/mol. The van der Waals surface area contributed by atoms with Crippen LogP contribution in [0, 0.1) is 13.8 Å². The summed E-state index contributed by atoms with van der Waals surface area (Å²) in [5.74, 6) is -0.0559. The van der Waals surface area contributed by atoms with Crippen molar-refractivity contribution in [1.29, 1.82) is 0 Å². The standard InChI is InChI=1S/C13H12ClN3O2/c1-7-10(14)4-3-5-11(7)17-13(19)9-6-15-8(2)16-12(9)18/h3-6H,1-2H3,(H,17,19)(H,15,16,18). The molecule has 1 heterocycles. The number of aromatic amines is 1. The SMILES string of the molecule is Cc1ncc(C(=O)Nc2cccc(Cl)c2C)c(=O)[nH]1. The van der Waals surface area contributed by atoms with Crippen LogP contribution in [0.1, 0.15) is 21.7 Å². The number of aromatic nitrogens is 2. The number of anilines is 1. The third-order valence-corrected chi connectivity index (χ3v) is 3.10. The van der Waals surface area contributed by atoms with Gasteiger partial charge in [0.1, 0.15) is 11.4 Å². The number of halogens is 1. The molecule has 0 aliphatic carbocycles. The lowest BCUT2D eigenvalue weighted by Gasteiger charge is -2.08. The van der Waals surface area contributed by atoms with Gasteiger partial charge in [0.25, 0.3) is 11.5 Å². The Morgan fingerprint density at radius 1 is 1.37 bits per heavy atom. The summed E-state index contributed by atoms with van der Waals surface area (Å²) >= 11 is 5.96. The van der Waals surface area contributed by atoms with Crippen molar-refractivity contribution in [2.45, 2.75) is 13.8 Å². The summed E-state index contributed by atoms with van der Waals surface area (Å²) in [4.78, 5) is 30.0. The molecule has 6 heteroatoms. The first-order chi connectivity index (χ1) is 8.99. The van der Waals surface area contributed by atoms with E-state index < -0.39 is 11.5 Å². The van der Waals surface area contributed by atoms with Crippen LogP contribution in [0.3, 0.4) is 0 Å². The van der Waals surface area contributed by atoms with Gasteiger partial charge in [0.05, 0.1) is 0 Å². The molecule has 2 aromatic rings. The zero-order valence-electron chi connectivity index (χ0n) is 10.5. The van der Waals surface area contributed by atoms with Gasteiger partial charge < -0.3 is 10.3 Å². The average Bonchev–Trinajstić information content (AvgIpc) is 2.34. The summed E-state index contributed by atoms with van der Waals surface area (Å²) in [7, 11) is 0. The van der Waals surface area contributed by atoms with Crippen LogP contribution in [-0.4, -0.2) is 15.9 Å². The van der Waals surface area contributed by atoms with E-state index in [1.807, 2.05) is 0 Å². The molecule has 1 amide bonds. The third-order valence-electron chi connectivity index (χ3n) is 2.69. The molecule has 2 N–H and O–H groups in total. The van der Waals surface area contributed by atoms with Crippen molar-refractivity contribution in [1.82, 2.24) is 9.97 Å². The number of H-pyrrole nitrogens is 1. The van der Waals surface area contributed by atoms with Crippen molar-refractivity contribution in [2.75, 3.05) is 5.32 Å². The van der Waals surface area contributed by atoms with Crippen molar-refractivity contribution in [3.8, 4) is 0 Å². The van der Waals surface area contributed by atoms with Gasteiger partial charge in [-0.1, -0.05) is 17.7 Å². The van der Waals surface area contributed by atoms with Crippen LogP contribution in [0.2, 0.25) is 5.02 Å². The summed E-state index contributed by atoms with van der Waals surface area (Å²) in [6.07, 6.45) is 1.25. The van der Waals surface area contributed by atoms with Gasteiger partial charge in [-0.3, -0.25) is 9.59 Å². The Bertz CT molecular complexity index is 695. The summed E-state index contributed by atoms with van der Waals surface area (Å²) in [5.41, 5.74) is 0.807. The maximum atomic E-state index is 12.0. The quantitative estimate of drug-likeness (QED) is 0.884. The van der Waals surface area contributed by atoms with Crippen LogP contribution in [-0.2, 0) is 0 Å². The fraction of sp³-hybridized carbons (Fsp3) is 0.154. The Kier molecular flexibility index (Phi) is 3.66. The smallest absolute Gasteiger partial charge is 0.263 e. The minimum Gasteiger partial charge on any atom is -0.321 e. The van der Waals surface area contributed by atoms with E-state index in [1.54, 1.807) is 32.0 Å². The largest absolute Gasteiger partial charge is 0.321 e. The van der Waals surface area contributed by atoms with Gasteiger partial charge in [0.2, 0.25) is 0 Å². The van der Waals surface area contributed by atoms with E-state index in [2.05, 4.69) is 15.3 Å². The number of amides is 1. The lowest BCUT2D eigenvalue weighted by molar-refractivity contribution is 0.102. The maximum absolute atomic E-state index is 12.0. The Morgan fingerprint density at radius 3 is 2.79 bits per heavy atom. The molecule has 1 aromatic carbocycles. The van der Waals surface area contributed by atoms with Gasteiger partial charge >= 0.3 is 0 Å². The Labute approximate surface area is 114 Å². The molecule has 0 unspecified atom stereocenters. The second-order valence-corrected chi connectivity index (χ2v) is 4.49. The number of benzene rings is 1. The topological polar surface area (TPSA) is 74.8 Å². The number of rotatable bonds is 2. The molecular formula is C13H12ClN3O2. The Morgan fingerprint density at radius 2 is 2.11 bits per heavy atom. The molecule has 0 spiro atoms. The van der Waals surface area contributed by atoms with Gasteiger partial charge in [-0.25, -0.2) is 4.98 Å². The van der Waals surface area contributed by atoms with Crippen LogP contribution in [0.4, 0.5) is 5.69 Å². The second kappa shape index (κ2) is 5.24. The van der Waals surface area contributed by atoms with Crippen molar-refractivity contribution in [3.05, 3.63) is 56.7 Å². The number of aryl methyl sites for hydroxylation is 1. The van der Waals surface area contributed by atoms with E-state index in [0.717, 1.165) is 5.56 Å². The lowest BCUT2D eigenvalue weighted by Crippen LogP contribution is -2.24. The summed E-state index contributed by atoms with van der Waals surface area (Å²) in [5, 5.41) is 3.19. The minimum absolute atomic E-state index is 0.0371. The summed E-state index contributed by atoms with van der Waals surface area (Å²) in [6.45, 7) is 3.43. The molecular weight excluding hydrogens is 266 g/mol. The molecule has 0 aliphatic heterocycles. The number of nitrogens with zero attached hydrogens (tertiary/aromatic N) is 1. The number of nitrogens with one attached hydrogen (secondary N) is 2. The molecule has 0 radical (unpaired) electrons. The van der Waals surface area contributed by atoms with E-state index in [1.165, 1.54) is 6.20 Å². The molecule has 0 saturated carbocycles. The van der Waals surface area contributed by atoms with Crippen LogP contribution >= 0.6 is 11.6 Å². The number of hydrogen-bond acceptors (Lipinski definition) is 3. The van der Waals surface area contributed by atoms with Crippen molar-refractivity contribution < 1.29 is 4.79 Å². The molecule has 5 nitrogen and oxygen atoms in total. The van der Waals surface area contributed by atoms with Gasteiger partial charge in [-0.2, -0.15) is 0 Å². The highest BCUT2D eigenvalue weighted by Gasteiger charge is 2.13. The highest BCUT2D eigenvalue weighted by molar-refractivity contribution is 6.31. The monoisotopic (exact) mass is 277 g/mol. The fourth-order valence-corrected chi connectivity index (χ4v) is 1.75. The molecule has 0 saturated heterocycles. The van der Waals surface area contributed by atoms with Crippen molar-refractivity contribution >= 4 is 23.2 Å². The van der Waals surface area contributed by atoms with Crippen LogP contribution in [0.15, 0.2) is 29.2 Å². The van der Waals surface area contributed by atoms with Gasteiger partial charge in [-0.05, 0) is 31.5 Å². The van der Waals surface area contributed by atoms with Crippen molar-refractivity contribution in [3.63, 3.8) is 0 Å².